The zero-order valence-electron chi connectivity index (χ0n) is 7.44. The molecule has 1 saturated carbocycles. The second kappa shape index (κ2) is 3.27. The highest BCUT2D eigenvalue weighted by Crippen LogP contribution is 2.38. The van der Waals surface area contributed by atoms with Crippen molar-refractivity contribution in [3.8, 4) is 0 Å². The number of rotatable bonds is 2. The number of piperidine rings is 1. The van der Waals surface area contributed by atoms with Crippen molar-refractivity contribution >= 4 is 5.97 Å². The van der Waals surface area contributed by atoms with Gasteiger partial charge in [-0.05, 0) is 31.7 Å². The highest BCUT2D eigenvalue weighted by Gasteiger charge is 2.44. The molecule has 1 saturated heterocycles. The van der Waals surface area contributed by atoms with Crippen LogP contribution in [0.15, 0.2) is 0 Å². The number of carboxylic acids is 1. The fraction of sp³-hybridized carbons (Fsp3) is 0.889. The fourth-order valence-corrected chi connectivity index (χ4v) is 2.18. The maximum absolute atomic E-state index is 10.9. The van der Waals surface area contributed by atoms with Gasteiger partial charge in [-0.15, -0.1) is 0 Å². The van der Waals surface area contributed by atoms with E-state index < -0.39 is 18.0 Å². The van der Waals surface area contributed by atoms with Crippen LogP contribution >= 0.6 is 0 Å². The third kappa shape index (κ3) is 1.69. The molecule has 2 fully saturated rings. The van der Waals surface area contributed by atoms with Crippen molar-refractivity contribution in [2.24, 2.45) is 11.8 Å². The summed E-state index contributed by atoms with van der Waals surface area (Å²) in [7, 11) is 0. The summed E-state index contributed by atoms with van der Waals surface area (Å²) in [6, 6.07) is 0.00116. The number of aliphatic hydroxyl groups excluding tert-OH is 1. The zero-order chi connectivity index (χ0) is 9.42. The van der Waals surface area contributed by atoms with Crippen LogP contribution in [-0.4, -0.2) is 34.9 Å². The van der Waals surface area contributed by atoms with Crippen LogP contribution in [0.1, 0.15) is 19.3 Å². The van der Waals surface area contributed by atoms with Gasteiger partial charge in [0.05, 0.1) is 12.0 Å². The molecule has 2 aliphatic rings. The largest absolute Gasteiger partial charge is 0.481 e. The molecule has 3 atom stereocenters. The van der Waals surface area contributed by atoms with Gasteiger partial charge in [0.2, 0.25) is 0 Å². The Labute approximate surface area is 76.9 Å². The molecule has 0 bridgehead atoms. The Morgan fingerprint density at radius 3 is 2.54 bits per heavy atom. The summed E-state index contributed by atoms with van der Waals surface area (Å²) in [5.74, 6) is -0.978. The average Bonchev–Trinajstić information content (AvgIpc) is 2.85. The minimum Gasteiger partial charge on any atom is -0.481 e. The number of aliphatic hydroxyl groups is 1. The number of aliphatic carboxylic acids is 1. The van der Waals surface area contributed by atoms with Crippen molar-refractivity contribution in [1.29, 1.82) is 0 Å². The maximum atomic E-state index is 10.9. The van der Waals surface area contributed by atoms with E-state index in [0.717, 1.165) is 19.4 Å². The lowest BCUT2D eigenvalue weighted by molar-refractivity contribution is -0.149. The molecule has 0 aromatic rings. The smallest absolute Gasteiger partial charge is 0.310 e. The summed E-state index contributed by atoms with van der Waals surface area (Å²) < 4.78 is 0. The third-order valence-corrected chi connectivity index (χ3v) is 3.04. The molecule has 0 radical (unpaired) electrons. The lowest BCUT2D eigenvalue weighted by atomic mass is 9.85. The van der Waals surface area contributed by atoms with E-state index in [-0.39, 0.29) is 6.04 Å². The Bertz CT molecular complexity index is 215. The molecule has 1 aliphatic carbocycles. The van der Waals surface area contributed by atoms with Crippen LogP contribution in [0, 0.1) is 11.8 Å². The second-order valence-electron chi connectivity index (χ2n) is 4.04. The molecule has 13 heavy (non-hydrogen) atoms. The van der Waals surface area contributed by atoms with E-state index >= 15 is 0 Å². The van der Waals surface area contributed by atoms with E-state index in [2.05, 4.69) is 5.32 Å². The number of carbonyl (C=O) groups is 1. The number of hydrogen-bond donors (Lipinski definition) is 3. The molecule has 3 N–H and O–H groups in total. The topological polar surface area (TPSA) is 69.6 Å². The van der Waals surface area contributed by atoms with Gasteiger partial charge in [-0.1, -0.05) is 0 Å². The van der Waals surface area contributed by atoms with Crippen LogP contribution in [0.5, 0.6) is 0 Å². The van der Waals surface area contributed by atoms with Gasteiger partial charge in [0.1, 0.15) is 0 Å². The maximum Gasteiger partial charge on any atom is 0.310 e. The van der Waals surface area contributed by atoms with E-state index in [0.29, 0.717) is 12.3 Å². The molecule has 1 heterocycles. The third-order valence-electron chi connectivity index (χ3n) is 3.04. The highest BCUT2D eigenvalue weighted by atomic mass is 16.4. The van der Waals surface area contributed by atoms with Crippen molar-refractivity contribution in [2.45, 2.75) is 31.4 Å². The minimum atomic E-state index is -0.864. The van der Waals surface area contributed by atoms with Gasteiger partial charge in [-0.25, -0.2) is 0 Å². The van der Waals surface area contributed by atoms with Crippen LogP contribution in [0.25, 0.3) is 0 Å². The summed E-state index contributed by atoms with van der Waals surface area (Å²) in [6.45, 7) is 0.742. The Kier molecular flexibility index (Phi) is 2.26. The summed E-state index contributed by atoms with van der Waals surface area (Å²) in [5.41, 5.74) is 0. The lowest BCUT2D eigenvalue weighted by Gasteiger charge is -2.33. The van der Waals surface area contributed by atoms with E-state index in [1.54, 1.807) is 0 Å². The average molecular weight is 185 g/mol. The fourth-order valence-electron chi connectivity index (χ4n) is 2.18. The van der Waals surface area contributed by atoms with Crippen LogP contribution in [0.4, 0.5) is 0 Å². The van der Waals surface area contributed by atoms with Crippen molar-refractivity contribution < 1.29 is 15.0 Å². The first-order chi connectivity index (χ1) is 6.20. The predicted molar refractivity (Wildman–Crippen MR) is 46.3 cm³/mol. The van der Waals surface area contributed by atoms with E-state index in [1.165, 1.54) is 0 Å². The van der Waals surface area contributed by atoms with Crippen LogP contribution < -0.4 is 5.32 Å². The molecule has 0 aromatic carbocycles. The van der Waals surface area contributed by atoms with Gasteiger partial charge >= 0.3 is 5.97 Å². The van der Waals surface area contributed by atoms with Crippen LogP contribution in [0.3, 0.4) is 0 Å². The molecule has 2 rings (SSSR count). The van der Waals surface area contributed by atoms with Crippen molar-refractivity contribution in [3.63, 3.8) is 0 Å². The predicted octanol–water partition coefficient (Wildman–Crippen LogP) is -0.180. The zero-order valence-corrected chi connectivity index (χ0v) is 7.44. The van der Waals surface area contributed by atoms with E-state index in [1.807, 2.05) is 0 Å². The molecule has 0 amide bonds. The Morgan fingerprint density at radius 2 is 2.00 bits per heavy atom. The van der Waals surface area contributed by atoms with E-state index in [4.69, 9.17) is 5.11 Å². The molecule has 1 aliphatic heterocycles. The van der Waals surface area contributed by atoms with Crippen LogP contribution in [0.2, 0.25) is 0 Å². The van der Waals surface area contributed by atoms with Crippen LogP contribution in [-0.2, 0) is 4.79 Å². The summed E-state index contributed by atoms with van der Waals surface area (Å²) in [5, 5.41) is 21.7. The highest BCUT2D eigenvalue weighted by molar-refractivity contribution is 5.72. The summed E-state index contributed by atoms with van der Waals surface area (Å²) >= 11 is 0. The van der Waals surface area contributed by atoms with Gasteiger partial charge in [-0.3, -0.25) is 4.79 Å². The molecular weight excluding hydrogens is 170 g/mol. The molecule has 0 aromatic heterocycles. The molecule has 0 spiro atoms. The minimum absolute atomic E-state index is 0.00116. The quantitative estimate of drug-likeness (QED) is 0.558. The van der Waals surface area contributed by atoms with Crippen molar-refractivity contribution in [3.05, 3.63) is 0 Å². The normalized spacial score (nSPS) is 40.2. The van der Waals surface area contributed by atoms with E-state index in [9.17, 15) is 9.90 Å². The Hall–Kier alpha value is -0.610. The molecular formula is C9H15NO3. The lowest BCUT2D eigenvalue weighted by Crippen LogP contribution is -2.52. The van der Waals surface area contributed by atoms with Crippen molar-refractivity contribution in [1.82, 2.24) is 5.32 Å². The van der Waals surface area contributed by atoms with Gasteiger partial charge in [-0.2, -0.15) is 0 Å². The second-order valence-corrected chi connectivity index (χ2v) is 4.04. The Balaban J connectivity index is 2.08. The molecule has 3 unspecified atom stereocenters. The van der Waals surface area contributed by atoms with Gasteiger partial charge in [0.15, 0.2) is 0 Å². The van der Waals surface area contributed by atoms with Gasteiger partial charge < -0.3 is 15.5 Å². The Morgan fingerprint density at radius 1 is 1.31 bits per heavy atom. The summed E-state index contributed by atoms with van der Waals surface area (Å²) in [6.07, 6.45) is 2.10. The molecule has 4 heteroatoms. The number of nitrogens with one attached hydrogen (secondary N) is 1. The van der Waals surface area contributed by atoms with Crippen molar-refractivity contribution in [2.75, 3.05) is 6.54 Å². The van der Waals surface area contributed by atoms with Gasteiger partial charge in [0, 0.05) is 6.04 Å². The first kappa shape index (κ1) is 8.97. The molecule has 4 nitrogen and oxygen atoms in total. The number of carboxylic acid groups (broad SMARTS) is 1. The van der Waals surface area contributed by atoms with Gasteiger partial charge in [0.25, 0.3) is 0 Å². The SMILES string of the molecule is O=C(O)C1C(O)CCNC1C1CC1. The first-order valence-corrected chi connectivity index (χ1v) is 4.84. The first-order valence-electron chi connectivity index (χ1n) is 4.84. The standard InChI is InChI=1S/C9H15NO3/c11-6-3-4-10-8(5-1-2-5)7(6)9(12)13/h5-8,10-11H,1-4H2,(H,12,13). The number of hydrogen-bond acceptors (Lipinski definition) is 3. The summed E-state index contributed by atoms with van der Waals surface area (Å²) in [4.78, 5) is 10.9. The molecule has 74 valence electrons. The monoisotopic (exact) mass is 185 g/mol.